The maximum Gasteiger partial charge on any atom is 0.331 e. The van der Waals surface area contributed by atoms with Crippen molar-refractivity contribution in [2.75, 3.05) is 0 Å². The van der Waals surface area contributed by atoms with E-state index in [1.165, 1.54) is 0 Å². The van der Waals surface area contributed by atoms with Gasteiger partial charge in [-0.05, 0) is 82.4 Å². The second kappa shape index (κ2) is 5.52. The summed E-state index contributed by atoms with van der Waals surface area (Å²) in [6.07, 6.45) is 1.58. The highest BCUT2D eigenvalue weighted by Gasteiger charge is 2.04. The number of benzene rings is 1. The smallest absolute Gasteiger partial charge is 0.331 e. The molecule has 0 aliphatic heterocycles. The Labute approximate surface area is 132 Å². The zero-order valence-corrected chi connectivity index (χ0v) is 13.8. The topological polar surface area (TPSA) is 50.2 Å². The molecule has 5 heteroatoms. The van der Waals surface area contributed by atoms with E-state index in [4.69, 9.17) is 5.11 Å². The van der Waals surface area contributed by atoms with Crippen LogP contribution >= 0.6 is 45.2 Å². The Morgan fingerprint density at radius 1 is 1.33 bits per heavy atom. The van der Waals surface area contributed by atoms with Crippen molar-refractivity contribution in [3.8, 4) is 0 Å². The molecule has 0 radical (unpaired) electrons. The van der Waals surface area contributed by atoms with Gasteiger partial charge in [0, 0.05) is 18.1 Å². The first kappa shape index (κ1) is 13.7. The fourth-order valence-electron chi connectivity index (χ4n) is 1.54. The van der Waals surface area contributed by atoms with Crippen molar-refractivity contribution in [1.29, 1.82) is 0 Å². The summed E-state index contributed by atoms with van der Waals surface area (Å²) in [6.45, 7) is 1.56. The highest BCUT2D eigenvalue weighted by Crippen LogP contribution is 2.23. The Bertz CT molecular complexity index is 665. The minimum Gasteiger partial charge on any atom is -0.478 e. The van der Waals surface area contributed by atoms with Crippen molar-refractivity contribution in [2.45, 2.75) is 6.92 Å². The number of rotatable bonds is 2. The molecule has 0 fully saturated rings. The van der Waals surface area contributed by atoms with E-state index >= 15 is 0 Å². The van der Waals surface area contributed by atoms with Gasteiger partial charge in [-0.1, -0.05) is 0 Å². The number of hydrogen-bond donors (Lipinski definition) is 1. The largest absolute Gasteiger partial charge is 0.478 e. The molecule has 0 spiro atoms. The highest BCUT2D eigenvalue weighted by molar-refractivity contribution is 14.1. The Balaban J connectivity index is 2.57. The van der Waals surface area contributed by atoms with Gasteiger partial charge in [-0.15, -0.1) is 0 Å². The van der Waals surface area contributed by atoms with E-state index in [1.54, 1.807) is 13.0 Å². The number of carboxylic acid groups (broad SMARTS) is 1. The summed E-state index contributed by atoms with van der Waals surface area (Å²) >= 11 is 4.52. The van der Waals surface area contributed by atoms with Crippen molar-refractivity contribution >= 4 is 68.1 Å². The molecule has 3 nitrogen and oxygen atoms in total. The normalized spacial score (nSPS) is 11.8. The van der Waals surface area contributed by atoms with Crippen molar-refractivity contribution in [2.24, 2.45) is 0 Å². The molecule has 0 aliphatic carbocycles. The SMILES string of the molecule is CC(=Cc1ccc2c(I)cc(I)cc2n1)C(=O)O. The molecule has 0 saturated heterocycles. The van der Waals surface area contributed by atoms with Gasteiger partial charge in [0.05, 0.1) is 11.2 Å². The van der Waals surface area contributed by atoms with Crippen LogP contribution in [0.4, 0.5) is 0 Å². The monoisotopic (exact) mass is 465 g/mol. The van der Waals surface area contributed by atoms with Crippen LogP contribution in [-0.2, 0) is 4.79 Å². The van der Waals surface area contributed by atoms with Crippen LogP contribution in [0.5, 0.6) is 0 Å². The van der Waals surface area contributed by atoms with Gasteiger partial charge in [0.25, 0.3) is 0 Å². The van der Waals surface area contributed by atoms with Crippen LogP contribution in [0.3, 0.4) is 0 Å². The summed E-state index contributed by atoms with van der Waals surface area (Å²) < 4.78 is 2.26. The van der Waals surface area contributed by atoms with Crippen molar-refractivity contribution in [3.05, 3.63) is 42.7 Å². The molecule has 0 atom stereocenters. The van der Waals surface area contributed by atoms with Gasteiger partial charge in [-0.3, -0.25) is 0 Å². The second-order valence-electron chi connectivity index (χ2n) is 3.82. The number of fused-ring (bicyclic) bond motifs is 1. The fourth-order valence-corrected chi connectivity index (χ4v) is 3.53. The lowest BCUT2D eigenvalue weighted by Crippen LogP contribution is -1.96. The van der Waals surface area contributed by atoms with Crippen LogP contribution in [0.2, 0.25) is 0 Å². The number of carboxylic acids is 1. The summed E-state index contributed by atoms with van der Waals surface area (Å²) in [5.74, 6) is -0.922. The Morgan fingerprint density at radius 3 is 2.72 bits per heavy atom. The van der Waals surface area contributed by atoms with Crippen LogP contribution < -0.4 is 0 Å². The summed E-state index contributed by atoms with van der Waals surface area (Å²) in [4.78, 5) is 15.2. The van der Waals surface area contributed by atoms with Crippen LogP contribution in [0.1, 0.15) is 12.6 Å². The van der Waals surface area contributed by atoms with Gasteiger partial charge in [-0.2, -0.15) is 0 Å². The molecular weight excluding hydrogens is 456 g/mol. The van der Waals surface area contributed by atoms with E-state index in [1.807, 2.05) is 18.2 Å². The molecule has 1 heterocycles. The molecular formula is C13H9I2NO2. The lowest BCUT2D eigenvalue weighted by Gasteiger charge is -2.03. The number of hydrogen-bond acceptors (Lipinski definition) is 2. The maximum atomic E-state index is 10.8. The van der Waals surface area contributed by atoms with Gasteiger partial charge in [0.2, 0.25) is 0 Å². The average molecular weight is 465 g/mol. The zero-order chi connectivity index (χ0) is 13.3. The Kier molecular flexibility index (Phi) is 4.21. The first-order chi connectivity index (χ1) is 8.47. The molecule has 2 aromatic rings. The van der Waals surface area contributed by atoms with Crippen molar-refractivity contribution in [3.63, 3.8) is 0 Å². The van der Waals surface area contributed by atoms with Crippen LogP contribution in [0.15, 0.2) is 29.8 Å². The number of aliphatic carboxylic acids is 1. The Hall–Kier alpha value is -0.700. The van der Waals surface area contributed by atoms with Gasteiger partial charge in [0.15, 0.2) is 0 Å². The lowest BCUT2D eigenvalue weighted by molar-refractivity contribution is -0.132. The summed E-state index contributed by atoms with van der Waals surface area (Å²) in [5, 5.41) is 9.93. The van der Waals surface area contributed by atoms with E-state index in [0.717, 1.165) is 18.0 Å². The van der Waals surface area contributed by atoms with Crippen LogP contribution in [-0.4, -0.2) is 16.1 Å². The summed E-state index contributed by atoms with van der Waals surface area (Å²) in [5.41, 5.74) is 1.83. The molecule has 0 aliphatic rings. The molecule has 0 bridgehead atoms. The molecule has 92 valence electrons. The van der Waals surface area contributed by atoms with E-state index < -0.39 is 5.97 Å². The van der Waals surface area contributed by atoms with Gasteiger partial charge < -0.3 is 5.11 Å². The third kappa shape index (κ3) is 3.00. The molecule has 0 amide bonds. The summed E-state index contributed by atoms with van der Waals surface area (Å²) in [6, 6.07) is 7.89. The number of nitrogens with zero attached hydrogens (tertiary/aromatic N) is 1. The fraction of sp³-hybridized carbons (Fsp3) is 0.0769. The van der Waals surface area contributed by atoms with E-state index in [0.29, 0.717) is 5.69 Å². The molecule has 18 heavy (non-hydrogen) atoms. The quantitative estimate of drug-likeness (QED) is 0.541. The first-order valence-corrected chi connectivity index (χ1v) is 7.30. The average Bonchev–Trinajstić information content (AvgIpc) is 2.27. The van der Waals surface area contributed by atoms with Crippen LogP contribution in [0, 0.1) is 7.14 Å². The predicted octanol–water partition coefficient (Wildman–Crippen LogP) is 3.93. The second-order valence-corrected chi connectivity index (χ2v) is 6.23. The van der Waals surface area contributed by atoms with E-state index in [2.05, 4.69) is 56.2 Å². The summed E-state index contributed by atoms with van der Waals surface area (Å²) in [7, 11) is 0. The minimum absolute atomic E-state index is 0.280. The van der Waals surface area contributed by atoms with Crippen LogP contribution in [0.25, 0.3) is 17.0 Å². The lowest BCUT2D eigenvalue weighted by atomic mass is 10.2. The number of pyridine rings is 1. The highest BCUT2D eigenvalue weighted by atomic mass is 127. The third-order valence-electron chi connectivity index (χ3n) is 2.44. The molecule has 2 rings (SSSR count). The number of carbonyl (C=O) groups is 1. The van der Waals surface area contributed by atoms with Crippen molar-refractivity contribution < 1.29 is 9.90 Å². The number of aromatic nitrogens is 1. The molecule has 0 saturated carbocycles. The first-order valence-electron chi connectivity index (χ1n) is 5.15. The molecule has 1 aromatic carbocycles. The molecule has 0 unspecified atom stereocenters. The third-order valence-corrected chi connectivity index (χ3v) is 3.96. The Morgan fingerprint density at radius 2 is 2.06 bits per heavy atom. The van der Waals surface area contributed by atoms with Gasteiger partial charge >= 0.3 is 5.97 Å². The van der Waals surface area contributed by atoms with E-state index in [-0.39, 0.29) is 5.57 Å². The number of halogens is 2. The minimum atomic E-state index is -0.922. The van der Waals surface area contributed by atoms with Crippen molar-refractivity contribution in [1.82, 2.24) is 4.98 Å². The van der Waals surface area contributed by atoms with E-state index in [9.17, 15) is 4.79 Å². The zero-order valence-electron chi connectivity index (χ0n) is 9.45. The standard InChI is InChI=1S/C13H9I2NO2/c1-7(13(17)18)4-9-2-3-10-11(15)5-8(14)6-12(10)16-9/h2-6H,1H3,(H,17,18). The van der Waals surface area contributed by atoms with Gasteiger partial charge in [-0.25, -0.2) is 9.78 Å². The predicted molar refractivity (Wildman–Crippen MR) is 88.5 cm³/mol. The molecule has 1 N–H and O–H groups in total. The molecule has 1 aromatic heterocycles. The maximum absolute atomic E-state index is 10.8. The van der Waals surface area contributed by atoms with Gasteiger partial charge in [0.1, 0.15) is 0 Å².